The Labute approximate surface area is 115 Å². The van der Waals surface area contributed by atoms with Gasteiger partial charge in [0.05, 0.1) is 0 Å². The van der Waals surface area contributed by atoms with Crippen molar-refractivity contribution in [2.24, 2.45) is 5.73 Å². The minimum absolute atomic E-state index is 0.566. The summed E-state index contributed by atoms with van der Waals surface area (Å²) >= 11 is 0. The maximum atomic E-state index is 5.75. The Balaban J connectivity index is 1.94. The lowest BCUT2D eigenvalue weighted by molar-refractivity contribution is 0.306. The third-order valence-corrected chi connectivity index (χ3v) is 3.21. The third-order valence-electron chi connectivity index (χ3n) is 3.21. The van der Waals surface area contributed by atoms with Gasteiger partial charge in [-0.3, -0.25) is 0 Å². The highest BCUT2D eigenvalue weighted by Crippen LogP contribution is 2.17. The zero-order valence-electron chi connectivity index (χ0n) is 11.6. The average Bonchev–Trinajstić information content (AvgIpc) is 2.46. The van der Waals surface area contributed by atoms with Gasteiger partial charge in [0, 0.05) is 6.54 Å². The molecule has 2 N–H and O–H groups in total. The lowest BCUT2D eigenvalue weighted by Gasteiger charge is -2.09. The molecule has 0 radical (unpaired) electrons. The van der Waals surface area contributed by atoms with Gasteiger partial charge >= 0.3 is 0 Å². The maximum Gasteiger partial charge on any atom is 0.119 e. The fraction of sp³-hybridized carbons (Fsp3) is 0.294. The summed E-state index contributed by atoms with van der Waals surface area (Å²) in [5.74, 6) is 1.45. The molecule has 0 saturated heterocycles. The topological polar surface area (TPSA) is 35.2 Å². The Morgan fingerprint density at radius 3 is 2.00 bits per heavy atom. The van der Waals surface area contributed by atoms with Gasteiger partial charge in [-0.1, -0.05) is 50.2 Å². The number of ether oxygens (including phenoxy) is 1. The van der Waals surface area contributed by atoms with Crippen LogP contribution in [0.1, 0.15) is 36.5 Å². The van der Waals surface area contributed by atoms with E-state index in [0.29, 0.717) is 19.1 Å². The van der Waals surface area contributed by atoms with E-state index in [9.17, 15) is 0 Å². The van der Waals surface area contributed by atoms with Crippen LogP contribution in [0.3, 0.4) is 0 Å². The van der Waals surface area contributed by atoms with Crippen LogP contribution in [0.5, 0.6) is 5.75 Å². The van der Waals surface area contributed by atoms with Crippen molar-refractivity contribution in [2.45, 2.75) is 32.9 Å². The van der Waals surface area contributed by atoms with Crippen LogP contribution < -0.4 is 10.5 Å². The maximum absolute atomic E-state index is 5.75. The molecule has 0 aliphatic heterocycles. The van der Waals surface area contributed by atoms with E-state index in [1.807, 2.05) is 24.3 Å². The summed E-state index contributed by atoms with van der Waals surface area (Å²) in [6.45, 7) is 5.56. The fourth-order valence-electron chi connectivity index (χ4n) is 1.89. The molecule has 0 atom stereocenters. The zero-order chi connectivity index (χ0) is 13.7. The minimum atomic E-state index is 0.566. The quantitative estimate of drug-likeness (QED) is 0.880. The van der Waals surface area contributed by atoms with Crippen molar-refractivity contribution < 1.29 is 4.74 Å². The van der Waals surface area contributed by atoms with Crippen molar-refractivity contribution in [3.05, 3.63) is 65.2 Å². The van der Waals surface area contributed by atoms with Crippen LogP contribution in [0.4, 0.5) is 0 Å². The van der Waals surface area contributed by atoms with E-state index in [4.69, 9.17) is 10.5 Å². The summed E-state index contributed by atoms with van der Waals surface area (Å²) in [5.41, 5.74) is 9.23. The molecule has 0 spiro atoms. The van der Waals surface area contributed by atoms with E-state index in [1.165, 1.54) is 11.1 Å². The van der Waals surface area contributed by atoms with Crippen molar-refractivity contribution in [3.63, 3.8) is 0 Å². The summed E-state index contributed by atoms with van der Waals surface area (Å²) in [4.78, 5) is 0. The first-order chi connectivity index (χ1) is 9.19. The van der Waals surface area contributed by atoms with E-state index in [2.05, 4.69) is 38.1 Å². The number of benzene rings is 2. The van der Waals surface area contributed by atoms with E-state index in [-0.39, 0.29) is 0 Å². The van der Waals surface area contributed by atoms with Crippen LogP contribution in [0, 0.1) is 0 Å². The van der Waals surface area contributed by atoms with Gasteiger partial charge in [0.15, 0.2) is 0 Å². The molecule has 2 aromatic carbocycles. The third kappa shape index (κ3) is 3.83. The van der Waals surface area contributed by atoms with Crippen LogP contribution in [-0.4, -0.2) is 0 Å². The van der Waals surface area contributed by atoms with Gasteiger partial charge < -0.3 is 10.5 Å². The molecule has 2 rings (SSSR count). The predicted molar refractivity (Wildman–Crippen MR) is 79.2 cm³/mol. The molecule has 19 heavy (non-hydrogen) atoms. The van der Waals surface area contributed by atoms with E-state index in [1.54, 1.807) is 0 Å². The SMILES string of the molecule is CC(C)c1ccc(COc2ccc(CN)cc2)cc1. The second kappa shape index (κ2) is 6.39. The average molecular weight is 255 g/mol. The molecule has 2 heteroatoms. The number of rotatable bonds is 5. The predicted octanol–water partition coefficient (Wildman–Crippen LogP) is 3.85. The summed E-state index contributed by atoms with van der Waals surface area (Å²) in [6, 6.07) is 16.5. The Morgan fingerprint density at radius 1 is 0.895 bits per heavy atom. The molecule has 2 nitrogen and oxygen atoms in total. The normalized spacial score (nSPS) is 10.7. The van der Waals surface area contributed by atoms with Gasteiger partial charge in [0.2, 0.25) is 0 Å². The molecule has 0 saturated carbocycles. The molecule has 2 aromatic rings. The first kappa shape index (κ1) is 13.6. The molecule has 0 bridgehead atoms. The van der Waals surface area contributed by atoms with Gasteiger partial charge in [-0.05, 0) is 34.7 Å². The van der Waals surface area contributed by atoms with Crippen molar-refractivity contribution in [1.29, 1.82) is 0 Å². The highest BCUT2D eigenvalue weighted by atomic mass is 16.5. The molecule has 0 heterocycles. The first-order valence-electron chi connectivity index (χ1n) is 6.69. The van der Waals surface area contributed by atoms with Crippen LogP contribution in [0.15, 0.2) is 48.5 Å². The molecular weight excluding hydrogens is 234 g/mol. The van der Waals surface area contributed by atoms with E-state index >= 15 is 0 Å². The second-order valence-electron chi connectivity index (χ2n) is 5.03. The number of nitrogens with two attached hydrogens (primary N) is 1. The molecular formula is C17H21NO. The van der Waals surface area contributed by atoms with Gasteiger partial charge in [0.1, 0.15) is 12.4 Å². The second-order valence-corrected chi connectivity index (χ2v) is 5.03. The van der Waals surface area contributed by atoms with Gasteiger partial charge in [-0.25, -0.2) is 0 Å². The largest absolute Gasteiger partial charge is 0.489 e. The number of hydrogen-bond donors (Lipinski definition) is 1. The van der Waals surface area contributed by atoms with Gasteiger partial charge in [-0.2, -0.15) is 0 Å². The highest BCUT2D eigenvalue weighted by Gasteiger charge is 2.00. The van der Waals surface area contributed by atoms with Crippen LogP contribution >= 0.6 is 0 Å². The van der Waals surface area contributed by atoms with Crippen LogP contribution in [0.2, 0.25) is 0 Å². The fourth-order valence-corrected chi connectivity index (χ4v) is 1.89. The molecule has 0 aliphatic rings. The molecule has 0 aromatic heterocycles. The summed E-state index contributed by atoms with van der Waals surface area (Å²) in [6.07, 6.45) is 0. The first-order valence-corrected chi connectivity index (χ1v) is 6.69. The summed E-state index contributed by atoms with van der Waals surface area (Å²) in [5, 5.41) is 0. The molecule has 0 unspecified atom stereocenters. The van der Waals surface area contributed by atoms with Crippen LogP contribution in [0.25, 0.3) is 0 Å². The van der Waals surface area contributed by atoms with Gasteiger partial charge in [0.25, 0.3) is 0 Å². The van der Waals surface area contributed by atoms with E-state index in [0.717, 1.165) is 11.3 Å². The molecule has 100 valence electrons. The molecule has 0 fully saturated rings. The Kier molecular flexibility index (Phi) is 4.58. The lowest BCUT2D eigenvalue weighted by Crippen LogP contribution is -1.98. The smallest absolute Gasteiger partial charge is 0.119 e. The van der Waals surface area contributed by atoms with Crippen LogP contribution in [-0.2, 0) is 13.2 Å². The zero-order valence-corrected chi connectivity index (χ0v) is 11.6. The Morgan fingerprint density at radius 2 is 1.47 bits per heavy atom. The van der Waals surface area contributed by atoms with Crippen molar-refractivity contribution >= 4 is 0 Å². The van der Waals surface area contributed by atoms with Crippen molar-refractivity contribution in [2.75, 3.05) is 0 Å². The Bertz CT molecular complexity index is 500. The van der Waals surface area contributed by atoms with E-state index < -0.39 is 0 Å². The summed E-state index contributed by atoms with van der Waals surface area (Å²) < 4.78 is 5.75. The molecule has 0 amide bonds. The van der Waals surface area contributed by atoms with Crippen molar-refractivity contribution in [3.8, 4) is 5.75 Å². The highest BCUT2D eigenvalue weighted by molar-refractivity contribution is 5.28. The standard InChI is InChI=1S/C17H21NO/c1-13(2)16-7-3-15(4-8-16)12-19-17-9-5-14(11-18)6-10-17/h3-10,13H,11-12,18H2,1-2H3. The van der Waals surface area contributed by atoms with Gasteiger partial charge in [-0.15, -0.1) is 0 Å². The monoisotopic (exact) mass is 255 g/mol. The minimum Gasteiger partial charge on any atom is -0.489 e. The Hall–Kier alpha value is -1.80. The number of hydrogen-bond acceptors (Lipinski definition) is 2. The van der Waals surface area contributed by atoms with Crippen molar-refractivity contribution in [1.82, 2.24) is 0 Å². The lowest BCUT2D eigenvalue weighted by atomic mass is 10.0. The molecule has 0 aliphatic carbocycles. The summed E-state index contributed by atoms with van der Waals surface area (Å²) in [7, 11) is 0.